The smallest absolute Gasteiger partial charge is 0.0967 e. The molecule has 0 bridgehead atoms. The standard InChI is InChI=1S/C41H31N3/c1-41(2,3)36-23-28-14-10-20-42-39(28)40-35(36)22-30(25-44-40)26-12-8-13-27(21-26)31-15-6-7-17-33(31)34-18-9-19-37-38(34)32-16-5-4-11-29(32)24-43-37/h4-25H,1-3H3. The van der Waals surface area contributed by atoms with Gasteiger partial charge in [0.2, 0.25) is 0 Å². The highest BCUT2D eigenvalue weighted by Crippen LogP contribution is 2.40. The Hall–Kier alpha value is -5.41. The van der Waals surface area contributed by atoms with Gasteiger partial charge in [0.1, 0.15) is 0 Å². The van der Waals surface area contributed by atoms with Crippen LogP contribution in [-0.4, -0.2) is 15.0 Å². The molecule has 0 fully saturated rings. The van der Waals surface area contributed by atoms with E-state index in [2.05, 4.69) is 130 Å². The number of hydrogen-bond donors (Lipinski definition) is 0. The lowest BCUT2D eigenvalue weighted by atomic mass is 9.83. The second-order valence-corrected chi connectivity index (χ2v) is 12.5. The predicted molar refractivity (Wildman–Crippen MR) is 185 cm³/mol. The van der Waals surface area contributed by atoms with Gasteiger partial charge in [0, 0.05) is 45.7 Å². The van der Waals surface area contributed by atoms with Crippen molar-refractivity contribution in [3.8, 4) is 33.4 Å². The molecule has 0 atom stereocenters. The Morgan fingerprint density at radius 1 is 0.477 bits per heavy atom. The lowest BCUT2D eigenvalue weighted by molar-refractivity contribution is 0.596. The molecule has 3 heterocycles. The van der Waals surface area contributed by atoms with E-state index < -0.39 is 0 Å². The highest BCUT2D eigenvalue weighted by Gasteiger charge is 2.20. The summed E-state index contributed by atoms with van der Waals surface area (Å²) in [5.41, 5.74) is 11.1. The van der Waals surface area contributed by atoms with Crippen LogP contribution in [0.25, 0.3) is 76.9 Å². The third-order valence-electron chi connectivity index (χ3n) is 8.69. The first-order valence-corrected chi connectivity index (χ1v) is 15.1. The molecule has 0 radical (unpaired) electrons. The van der Waals surface area contributed by atoms with E-state index in [9.17, 15) is 0 Å². The van der Waals surface area contributed by atoms with Crippen LogP contribution in [0.2, 0.25) is 0 Å². The molecule has 0 aliphatic rings. The van der Waals surface area contributed by atoms with Crippen LogP contribution in [0.5, 0.6) is 0 Å². The van der Waals surface area contributed by atoms with Crippen LogP contribution in [0, 0.1) is 0 Å². The Bertz CT molecular complexity index is 2380. The highest BCUT2D eigenvalue weighted by atomic mass is 14.7. The van der Waals surface area contributed by atoms with Gasteiger partial charge in [0.15, 0.2) is 0 Å². The largest absolute Gasteiger partial charge is 0.256 e. The molecular formula is C41H31N3. The van der Waals surface area contributed by atoms with E-state index in [1.807, 2.05) is 24.7 Å². The van der Waals surface area contributed by atoms with Gasteiger partial charge in [-0.3, -0.25) is 15.0 Å². The fourth-order valence-corrected chi connectivity index (χ4v) is 6.57. The number of nitrogens with zero attached hydrogens (tertiary/aromatic N) is 3. The molecule has 210 valence electrons. The summed E-state index contributed by atoms with van der Waals surface area (Å²) in [5, 5.41) is 5.83. The summed E-state index contributed by atoms with van der Waals surface area (Å²) in [6.45, 7) is 6.79. The molecular weight excluding hydrogens is 534 g/mol. The Balaban J connectivity index is 1.31. The van der Waals surface area contributed by atoms with Crippen molar-refractivity contribution in [2.45, 2.75) is 26.2 Å². The van der Waals surface area contributed by atoms with Crippen molar-refractivity contribution >= 4 is 43.5 Å². The topological polar surface area (TPSA) is 38.7 Å². The quantitative estimate of drug-likeness (QED) is 0.200. The number of aromatic nitrogens is 3. The van der Waals surface area contributed by atoms with Gasteiger partial charge in [0.25, 0.3) is 0 Å². The van der Waals surface area contributed by atoms with Crippen molar-refractivity contribution in [1.29, 1.82) is 0 Å². The lowest BCUT2D eigenvalue weighted by Crippen LogP contribution is -2.12. The van der Waals surface area contributed by atoms with Crippen molar-refractivity contribution in [3.63, 3.8) is 0 Å². The second-order valence-electron chi connectivity index (χ2n) is 12.5. The zero-order valence-electron chi connectivity index (χ0n) is 25.0. The molecule has 8 rings (SSSR count). The summed E-state index contributed by atoms with van der Waals surface area (Å²) in [6.07, 6.45) is 5.82. The first-order chi connectivity index (χ1) is 21.5. The van der Waals surface area contributed by atoms with Gasteiger partial charge >= 0.3 is 0 Å². The average Bonchev–Trinajstić information content (AvgIpc) is 3.07. The van der Waals surface area contributed by atoms with E-state index in [1.54, 1.807) is 0 Å². The molecule has 0 saturated carbocycles. The molecule has 3 aromatic heterocycles. The van der Waals surface area contributed by atoms with Crippen LogP contribution in [-0.2, 0) is 5.41 Å². The summed E-state index contributed by atoms with van der Waals surface area (Å²) >= 11 is 0. The van der Waals surface area contributed by atoms with Gasteiger partial charge in [0.05, 0.1) is 16.6 Å². The monoisotopic (exact) mass is 565 g/mol. The molecule has 3 heteroatoms. The van der Waals surface area contributed by atoms with E-state index in [0.717, 1.165) is 43.8 Å². The average molecular weight is 566 g/mol. The third-order valence-corrected chi connectivity index (χ3v) is 8.69. The van der Waals surface area contributed by atoms with Crippen molar-refractivity contribution in [3.05, 3.63) is 139 Å². The third kappa shape index (κ3) is 4.32. The predicted octanol–water partition coefficient (Wildman–Crippen LogP) is 10.8. The van der Waals surface area contributed by atoms with Gasteiger partial charge in [-0.2, -0.15) is 0 Å². The summed E-state index contributed by atoms with van der Waals surface area (Å²) in [4.78, 5) is 14.5. The zero-order valence-corrected chi connectivity index (χ0v) is 25.0. The van der Waals surface area contributed by atoms with E-state index in [-0.39, 0.29) is 5.41 Å². The van der Waals surface area contributed by atoms with Crippen LogP contribution in [0.4, 0.5) is 0 Å². The first-order valence-electron chi connectivity index (χ1n) is 15.1. The molecule has 8 aromatic rings. The molecule has 0 aliphatic heterocycles. The molecule has 0 amide bonds. The summed E-state index contributed by atoms with van der Waals surface area (Å²) in [5.74, 6) is 0. The van der Waals surface area contributed by atoms with Crippen LogP contribution in [0.15, 0.2) is 134 Å². The minimum absolute atomic E-state index is 0.0408. The van der Waals surface area contributed by atoms with Crippen molar-refractivity contribution < 1.29 is 0 Å². The second kappa shape index (κ2) is 10.1. The van der Waals surface area contributed by atoms with Gasteiger partial charge in [-0.05, 0) is 74.5 Å². The SMILES string of the molecule is CC(C)(C)c1cc2cccnc2c2ncc(-c3cccc(-c4ccccc4-c4cccc5ncc6ccccc6c45)c3)cc12. The molecule has 3 nitrogen and oxygen atoms in total. The van der Waals surface area contributed by atoms with Crippen molar-refractivity contribution in [2.24, 2.45) is 0 Å². The highest BCUT2D eigenvalue weighted by molar-refractivity contribution is 6.14. The van der Waals surface area contributed by atoms with E-state index in [1.165, 1.54) is 38.6 Å². The fourth-order valence-electron chi connectivity index (χ4n) is 6.57. The molecule has 44 heavy (non-hydrogen) atoms. The number of hydrogen-bond acceptors (Lipinski definition) is 3. The maximum atomic E-state index is 5.02. The van der Waals surface area contributed by atoms with Crippen molar-refractivity contribution in [2.75, 3.05) is 0 Å². The molecule has 0 unspecified atom stereocenters. The number of rotatable bonds is 3. The normalized spacial score (nSPS) is 12.0. The van der Waals surface area contributed by atoms with Gasteiger partial charge in [-0.25, -0.2) is 0 Å². The summed E-state index contributed by atoms with van der Waals surface area (Å²) < 4.78 is 0. The molecule has 0 N–H and O–H groups in total. The van der Waals surface area contributed by atoms with Crippen LogP contribution >= 0.6 is 0 Å². The lowest BCUT2D eigenvalue weighted by Gasteiger charge is -2.22. The maximum Gasteiger partial charge on any atom is 0.0967 e. The van der Waals surface area contributed by atoms with E-state index >= 15 is 0 Å². The maximum absolute atomic E-state index is 5.02. The molecule has 0 saturated heterocycles. The summed E-state index contributed by atoms with van der Waals surface area (Å²) in [7, 11) is 0. The van der Waals surface area contributed by atoms with E-state index in [0.29, 0.717) is 0 Å². The van der Waals surface area contributed by atoms with Crippen LogP contribution in [0.1, 0.15) is 26.3 Å². The molecule has 0 aliphatic carbocycles. The van der Waals surface area contributed by atoms with Gasteiger partial charge in [-0.1, -0.05) is 106 Å². The minimum Gasteiger partial charge on any atom is -0.256 e. The Morgan fingerprint density at radius 2 is 1.23 bits per heavy atom. The van der Waals surface area contributed by atoms with Gasteiger partial charge < -0.3 is 0 Å². The Kier molecular flexibility index (Phi) is 6.02. The Morgan fingerprint density at radius 3 is 2.11 bits per heavy atom. The number of benzene rings is 5. The fraction of sp³-hybridized carbons (Fsp3) is 0.0976. The zero-order chi connectivity index (χ0) is 29.8. The van der Waals surface area contributed by atoms with E-state index in [4.69, 9.17) is 15.0 Å². The van der Waals surface area contributed by atoms with Gasteiger partial charge in [-0.15, -0.1) is 0 Å². The van der Waals surface area contributed by atoms with Crippen LogP contribution in [0.3, 0.4) is 0 Å². The molecule has 0 spiro atoms. The molecule has 5 aromatic carbocycles. The number of pyridine rings is 3. The number of fused-ring (bicyclic) bond motifs is 6. The Labute approximate surface area is 256 Å². The minimum atomic E-state index is -0.0408. The summed E-state index contributed by atoms with van der Waals surface area (Å²) in [6, 6.07) is 41.2. The first kappa shape index (κ1) is 26.2. The van der Waals surface area contributed by atoms with Crippen molar-refractivity contribution in [1.82, 2.24) is 15.0 Å². The van der Waals surface area contributed by atoms with Crippen LogP contribution < -0.4 is 0 Å².